The van der Waals surface area contributed by atoms with Gasteiger partial charge in [-0.05, 0) is 25.2 Å². The number of aliphatic hydroxyl groups is 1. The highest BCUT2D eigenvalue weighted by molar-refractivity contribution is 14.1. The van der Waals surface area contributed by atoms with Crippen LogP contribution < -0.4 is 0 Å². The minimum absolute atomic E-state index is 0.351. The second-order valence-corrected chi connectivity index (χ2v) is 6.06. The van der Waals surface area contributed by atoms with Crippen LogP contribution >= 0.6 is 22.6 Å². The third-order valence-electron chi connectivity index (χ3n) is 2.63. The van der Waals surface area contributed by atoms with Crippen molar-refractivity contribution in [3.05, 3.63) is 0 Å². The molecule has 0 aromatic carbocycles. The molecule has 2 unspecified atom stereocenters. The smallest absolute Gasteiger partial charge is 0.0431 e. The molecule has 14 heavy (non-hydrogen) atoms. The van der Waals surface area contributed by atoms with Crippen LogP contribution in [-0.4, -0.2) is 15.6 Å². The number of hydrogen-bond donors (Lipinski definition) is 1. The lowest BCUT2D eigenvalue weighted by atomic mass is 9.97. The summed E-state index contributed by atoms with van der Waals surface area (Å²) in [6, 6.07) is 0. The van der Waals surface area contributed by atoms with Crippen LogP contribution in [0.25, 0.3) is 0 Å². The molecule has 0 radical (unpaired) electrons. The molecule has 1 nitrogen and oxygen atoms in total. The summed E-state index contributed by atoms with van der Waals surface area (Å²) in [5, 5.41) is 8.72. The molecule has 86 valence electrons. The first-order valence-electron chi connectivity index (χ1n) is 5.95. The second-order valence-electron chi connectivity index (χ2n) is 4.30. The Labute approximate surface area is 103 Å². The minimum Gasteiger partial charge on any atom is -0.396 e. The van der Waals surface area contributed by atoms with E-state index in [1.807, 2.05) is 0 Å². The van der Waals surface area contributed by atoms with Gasteiger partial charge in [-0.25, -0.2) is 0 Å². The average Bonchev–Trinajstić information content (AvgIpc) is 2.15. The van der Waals surface area contributed by atoms with Gasteiger partial charge in [-0.1, -0.05) is 62.1 Å². The molecule has 0 bridgehead atoms. The summed E-state index contributed by atoms with van der Waals surface area (Å²) >= 11 is 2.53. The van der Waals surface area contributed by atoms with Gasteiger partial charge in [-0.3, -0.25) is 0 Å². The fraction of sp³-hybridized carbons (Fsp3) is 1.00. The molecule has 2 atom stereocenters. The maximum Gasteiger partial charge on any atom is 0.0431 e. The van der Waals surface area contributed by atoms with E-state index in [1.165, 1.54) is 38.5 Å². The Kier molecular flexibility index (Phi) is 10.7. The van der Waals surface area contributed by atoms with Crippen LogP contribution in [0.3, 0.4) is 0 Å². The monoisotopic (exact) mass is 312 g/mol. The molecule has 0 rings (SSSR count). The highest BCUT2D eigenvalue weighted by Gasteiger charge is 2.09. The predicted molar refractivity (Wildman–Crippen MR) is 72.1 cm³/mol. The van der Waals surface area contributed by atoms with E-state index in [9.17, 15) is 0 Å². The molecule has 0 aliphatic heterocycles. The predicted octanol–water partition coefficient (Wildman–Crippen LogP) is 4.17. The van der Waals surface area contributed by atoms with Gasteiger partial charge in [0, 0.05) is 10.5 Å². The lowest BCUT2D eigenvalue weighted by molar-refractivity contribution is 0.282. The molecule has 0 spiro atoms. The largest absolute Gasteiger partial charge is 0.396 e. The quantitative estimate of drug-likeness (QED) is 0.385. The molecule has 0 saturated heterocycles. The van der Waals surface area contributed by atoms with Crippen molar-refractivity contribution in [3.63, 3.8) is 0 Å². The zero-order chi connectivity index (χ0) is 10.8. The summed E-state index contributed by atoms with van der Waals surface area (Å²) in [6.45, 7) is 4.97. The van der Waals surface area contributed by atoms with Crippen molar-refractivity contribution in [2.24, 2.45) is 5.92 Å². The van der Waals surface area contributed by atoms with Gasteiger partial charge in [-0.15, -0.1) is 0 Å². The molecule has 0 aliphatic rings. The van der Waals surface area contributed by atoms with Crippen molar-refractivity contribution in [2.45, 2.75) is 62.7 Å². The van der Waals surface area contributed by atoms with E-state index in [0.717, 1.165) is 16.3 Å². The lowest BCUT2D eigenvalue weighted by Gasteiger charge is -2.15. The summed E-state index contributed by atoms with van der Waals surface area (Å²) in [5.41, 5.74) is 0. The molecular weight excluding hydrogens is 287 g/mol. The van der Waals surface area contributed by atoms with Crippen LogP contribution in [-0.2, 0) is 0 Å². The van der Waals surface area contributed by atoms with E-state index in [4.69, 9.17) is 5.11 Å². The number of hydrogen-bond acceptors (Lipinski definition) is 1. The van der Waals surface area contributed by atoms with E-state index in [1.54, 1.807) is 0 Å². The van der Waals surface area contributed by atoms with Crippen LogP contribution in [0.15, 0.2) is 0 Å². The van der Waals surface area contributed by atoms with E-state index in [2.05, 4.69) is 36.4 Å². The summed E-state index contributed by atoms with van der Waals surface area (Å²) < 4.78 is 0.761. The number of aliphatic hydroxyl groups excluding tert-OH is 1. The maximum atomic E-state index is 8.72. The molecule has 0 saturated carbocycles. The minimum atomic E-state index is 0.351. The summed E-state index contributed by atoms with van der Waals surface area (Å²) in [7, 11) is 0. The summed E-state index contributed by atoms with van der Waals surface area (Å²) in [6.07, 6.45) is 8.94. The lowest BCUT2D eigenvalue weighted by Crippen LogP contribution is -2.06. The first-order chi connectivity index (χ1) is 6.70. The Morgan fingerprint density at radius 1 is 1.14 bits per heavy atom. The van der Waals surface area contributed by atoms with Gasteiger partial charge in [0.25, 0.3) is 0 Å². The number of alkyl halides is 1. The highest BCUT2D eigenvalue weighted by Crippen LogP contribution is 2.22. The van der Waals surface area contributed by atoms with Crippen LogP contribution in [0, 0.1) is 5.92 Å². The fourth-order valence-corrected chi connectivity index (χ4v) is 3.04. The van der Waals surface area contributed by atoms with Crippen molar-refractivity contribution in [1.29, 1.82) is 0 Å². The van der Waals surface area contributed by atoms with E-state index < -0.39 is 0 Å². The third-order valence-corrected chi connectivity index (χ3v) is 3.77. The molecule has 1 N–H and O–H groups in total. The van der Waals surface area contributed by atoms with E-state index in [0.29, 0.717) is 6.61 Å². The first-order valence-corrected chi connectivity index (χ1v) is 7.20. The van der Waals surface area contributed by atoms with Crippen molar-refractivity contribution in [3.8, 4) is 0 Å². The second kappa shape index (κ2) is 10.2. The Balaban J connectivity index is 3.35. The first kappa shape index (κ1) is 14.7. The molecular formula is C12H25IO. The third kappa shape index (κ3) is 9.25. The summed E-state index contributed by atoms with van der Waals surface area (Å²) in [4.78, 5) is 0. The van der Waals surface area contributed by atoms with E-state index >= 15 is 0 Å². The molecule has 0 aromatic heterocycles. The number of rotatable bonds is 9. The van der Waals surface area contributed by atoms with Gasteiger partial charge in [0.2, 0.25) is 0 Å². The van der Waals surface area contributed by atoms with Gasteiger partial charge < -0.3 is 5.11 Å². The molecule has 0 amide bonds. The van der Waals surface area contributed by atoms with Crippen molar-refractivity contribution < 1.29 is 5.11 Å². The number of unbranched alkanes of at least 4 members (excludes halogenated alkanes) is 2. The molecule has 2 heteroatoms. The van der Waals surface area contributed by atoms with Gasteiger partial charge in [0.1, 0.15) is 0 Å². The maximum absolute atomic E-state index is 8.72. The number of halogens is 1. The Bertz CT molecular complexity index is 117. The summed E-state index contributed by atoms with van der Waals surface area (Å²) in [5.74, 6) is 0.863. The van der Waals surface area contributed by atoms with E-state index in [-0.39, 0.29) is 0 Å². The Morgan fingerprint density at radius 3 is 2.43 bits per heavy atom. The fourth-order valence-electron chi connectivity index (χ4n) is 1.73. The molecule has 0 aromatic rings. The average molecular weight is 312 g/mol. The van der Waals surface area contributed by atoms with Crippen LogP contribution in [0.4, 0.5) is 0 Å². The van der Waals surface area contributed by atoms with Crippen LogP contribution in [0.2, 0.25) is 0 Å². The van der Waals surface area contributed by atoms with Gasteiger partial charge in [0.15, 0.2) is 0 Å². The standard InChI is InChI=1S/C12H25IO/c1-3-4-5-7-11(2)10-12(13)8-6-9-14/h11-12,14H,3-10H2,1-2H3. The zero-order valence-electron chi connectivity index (χ0n) is 9.64. The molecule has 0 aliphatic carbocycles. The molecule has 0 heterocycles. The zero-order valence-corrected chi connectivity index (χ0v) is 11.8. The van der Waals surface area contributed by atoms with Crippen molar-refractivity contribution in [1.82, 2.24) is 0 Å². The van der Waals surface area contributed by atoms with Gasteiger partial charge >= 0.3 is 0 Å². The van der Waals surface area contributed by atoms with Crippen LogP contribution in [0.1, 0.15) is 58.8 Å². The highest BCUT2D eigenvalue weighted by atomic mass is 127. The van der Waals surface area contributed by atoms with Crippen molar-refractivity contribution >= 4 is 22.6 Å². The van der Waals surface area contributed by atoms with Gasteiger partial charge in [0.05, 0.1) is 0 Å². The SMILES string of the molecule is CCCCCC(C)CC(I)CCCO. The Morgan fingerprint density at radius 2 is 1.86 bits per heavy atom. The Hall–Kier alpha value is 0.690. The molecule has 0 fully saturated rings. The van der Waals surface area contributed by atoms with Gasteiger partial charge in [-0.2, -0.15) is 0 Å². The van der Waals surface area contributed by atoms with Crippen LogP contribution in [0.5, 0.6) is 0 Å². The van der Waals surface area contributed by atoms with Crippen molar-refractivity contribution in [2.75, 3.05) is 6.61 Å². The normalized spacial score (nSPS) is 15.4. The topological polar surface area (TPSA) is 20.2 Å².